The van der Waals surface area contributed by atoms with E-state index in [0.717, 1.165) is 38.1 Å². The van der Waals surface area contributed by atoms with Gasteiger partial charge in [0, 0.05) is 12.5 Å². The molecule has 2 heterocycles. The number of rotatable bonds is 4. The van der Waals surface area contributed by atoms with E-state index in [-0.39, 0.29) is 5.97 Å². The van der Waals surface area contributed by atoms with Gasteiger partial charge in [-0.15, -0.1) is 0 Å². The van der Waals surface area contributed by atoms with Crippen molar-refractivity contribution in [1.29, 1.82) is 0 Å². The minimum atomic E-state index is -0.0689. The molecule has 0 radical (unpaired) electrons. The van der Waals surface area contributed by atoms with Crippen LogP contribution < -0.4 is 4.74 Å². The smallest absolute Gasteiger partial charge is 0.305 e. The third-order valence-electron chi connectivity index (χ3n) is 5.53. The van der Waals surface area contributed by atoms with Crippen molar-refractivity contribution in [2.24, 2.45) is 5.92 Å². The summed E-state index contributed by atoms with van der Waals surface area (Å²) < 4.78 is 10.4. The number of carbonyl (C=O) groups excluding carboxylic acids is 1. The Labute approximate surface area is 152 Å². The van der Waals surface area contributed by atoms with Crippen LogP contribution in [-0.2, 0) is 9.53 Å². The minimum Gasteiger partial charge on any atom is -0.496 e. The number of methoxy groups -OCH3 is 2. The third-order valence-corrected chi connectivity index (χ3v) is 5.53. The van der Waals surface area contributed by atoms with Gasteiger partial charge in [-0.05, 0) is 62.2 Å². The number of fused-ring (bicyclic) bond motifs is 1. The van der Waals surface area contributed by atoms with Gasteiger partial charge in [-0.3, -0.25) is 4.79 Å². The number of hydrogen-bond donors (Lipinski definition) is 0. The molecular formula is C21H33NO3. The van der Waals surface area contributed by atoms with E-state index in [0.29, 0.717) is 24.3 Å². The number of ether oxygens (including phenoxy) is 2. The molecule has 0 aliphatic carbocycles. The number of nitrogens with zero attached hydrogens (tertiary/aromatic N) is 1. The molecule has 0 spiro atoms. The van der Waals surface area contributed by atoms with Gasteiger partial charge in [0.2, 0.25) is 0 Å². The Hall–Kier alpha value is -1.55. The molecule has 2 aliphatic rings. The van der Waals surface area contributed by atoms with Crippen LogP contribution in [0.2, 0.25) is 0 Å². The summed E-state index contributed by atoms with van der Waals surface area (Å²) in [5.41, 5.74) is 1.34. The molecule has 4 nitrogen and oxygen atoms in total. The molecule has 1 aromatic rings. The van der Waals surface area contributed by atoms with Crippen LogP contribution in [0.25, 0.3) is 0 Å². The Bertz CT molecular complexity index is 546. The fourth-order valence-corrected chi connectivity index (χ4v) is 4.28. The van der Waals surface area contributed by atoms with E-state index in [1.54, 1.807) is 7.11 Å². The molecule has 3 unspecified atom stereocenters. The number of esters is 1. The molecule has 3 rings (SSSR count). The van der Waals surface area contributed by atoms with Crippen molar-refractivity contribution >= 4 is 5.97 Å². The monoisotopic (exact) mass is 347 g/mol. The number of carbonyl (C=O) groups is 1. The minimum absolute atomic E-state index is 0.0689. The number of piperidine rings is 2. The molecule has 3 atom stereocenters. The molecule has 2 saturated heterocycles. The second-order valence-electron chi connectivity index (χ2n) is 6.82. The zero-order chi connectivity index (χ0) is 18.2. The van der Waals surface area contributed by atoms with Gasteiger partial charge in [0.1, 0.15) is 5.75 Å². The molecule has 0 bridgehead atoms. The lowest BCUT2D eigenvalue weighted by atomic mass is 9.78. The standard InChI is InChI=1S/C19H27NO3.C2H6/c1-22-18-6-4-3-5-17(18)15-8-10-20-9-7-14(11-16(20)13-15)12-19(21)23-2;1-2/h3-6,14-16H,7-13H2,1-2H3;1-2H3. The normalized spacial score (nSPS) is 26.0. The summed E-state index contributed by atoms with van der Waals surface area (Å²) in [5, 5.41) is 0. The highest BCUT2D eigenvalue weighted by Crippen LogP contribution is 2.40. The van der Waals surface area contributed by atoms with Crippen molar-refractivity contribution in [3.05, 3.63) is 29.8 Å². The van der Waals surface area contributed by atoms with Gasteiger partial charge in [0.25, 0.3) is 0 Å². The van der Waals surface area contributed by atoms with Crippen LogP contribution >= 0.6 is 0 Å². The van der Waals surface area contributed by atoms with Crippen LogP contribution in [0.3, 0.4) is 0 Å². The summed E-state index contributed by atoms with van der Waals surface area (Å²) in [6, 6.07) is 8.98. The molecule has 140 valence electrons. The summed E-state index contributed by atoms with van der Waals surface area (Å²) in [4.78, 5) is 14.2. The molecule has 4 heteroatoms. The van der Waals surface area contributed by atoms with Crippen molar-refractivity contribution in [2.45, 2.75) is 57.9 Å². The van der Waals surface area contributed by atoms with E-state index in [4.69, 9.17) is 9.47 Å². The van der Waals surface area contributed by atoms with Crippen LogP contribution in [0.15, 0.2) is 24.3 Å². The summed E-state index contributed by atoms with van der Waals surface area (Å²) >= 11 is 0. The lowest BCUT2D eigenvalue weighted by molar-refractivity contribution is -0.142. The third kappa shape index (κ3) is 4.97. The van der Waals surface area contributed by atoms with E-state index in [1.807, 2.05) is 19.9 Å². The van der Waals surface area contributed by atoms with Gasteiger partial charge in [0.05, 0.1) is 14.2 Å². The highest BCUT2D eigenvalue weighted by atomic mass is 16.5. The molecule has 2 fully saturated rings. The van der Waals surface area contributed by atoms with Gasteiger partial charge in [0.15, 0.2) is 0 Å². The summed E-state index contributed by atoms with van der Waals surface area (Å²) in [7, 11) is 3.23. The lowest BCUT2D eigenvalue weighted by Crippen LogP contribution is -2.47. The van der Waals surface area contributed by atoms with Gasteiger partial charge in [-0.1, -0.05) is 32.0 Å². The van der Waals surface area contributed by atoms with Gasteiger partial charge < -0.3 is 14.4 Å². The van der Waals surface area contributed by atoms with Crippen LogP contribution in [0.1, 0.15) is 57.4 Å². The lowest BCUT2D eigenvalue weighted by Gasteiger charge is -2.45. The molecule has 0 amide bonds. The maximum atomic E-state index is 11.6. The highest BCUT2D eigenvalue weighted by molar-refractivity contribution is 5.69. The molecule has 0 N–H and O–H groups in total. The van der Waals surface area contributed by atoms with Crippen molar-refractivity contribution in [2.75, 3.05) is 27.3 Å². The first-order valence-corrected chi connectivity index (χ1v) is 9.65. The van der Waals surface area contributed by atoms with Gasteiger partial charge in [-0.25, -0.2) is 0 Å². The first kappa shape index (κ1) is 19.8. The Kier molecular flexibility index (Phi) is 7.76. The Balaban J connectivity index is 0.00000109. The maximum absolute atomic E-state index is 11.6. The Morgan fingerprint density at radius 3 is 2.56 bits per heavy atom. The highest BCUT2D eigenvalue weighted by Gasteiger charge is 2.35. The summed E-state index contributed by atoms with van der Waals surface area (Å²) in [6.45, 7) is 6.27. The predicted molar refractivity (Wildman–Crippen MR) is 101 cm³/mol. The number of para-hydroxylation sites is 1. The van der Waals surface area contributed by atoms with E-state index in [2.05, 4.69) is 23.1 Å². The number of hydrogen-bond acceptors (Lipinski definition) is 4. The van der Waals surface area contributed by atoms with Crippen LogP contribution in [0.5, 0.6) is 5.75 Å². The van der Waals surface area contributed by atoms with E-state index in [1.165, 1.54) is 19.1 Å². The quantitative estimate of drug-likeness (QED) is 0.764. The zero-order valence-corrected chi connectivity index (χ0v) is 16.2. The fourth-order valence-electron chi connectivity index (χ4n) is 4.28. The van der Waals surface area contributed by atoms with E-state index in [9.17, 15) is 4.79 Å². The fraction of sp³-hybridized carbons (Fsp3) is 0.667. The van der Waals surface area contributed by atoms with Gasteiger partial charge in [-0.2, -0.15) is 0 Å². The molecular weight excluding hydrogens is 314 g/mol. The van der Waals surface area contributed by atoms with Crippen LogP contribution in [0.4, 0.5) is 0 Å². The first-order chi connectivity index (χ1) is 12.2. The van der Waals surface area contributed by atoms with Crippen molar-refractivity contribution in [3.8, 4) is 5.75 Å². The summed E-state index contributed by atoms with van der Waals surface area (Å²) in [5.74, 6) is 1.97. The van der Waals surface area contributed by atoms with Crippen LogP contribution in [-0.4, -0.2) is 44.2 Å². The average molecular weight is 347 g/mol. The zero-order valence-electron chi connectivity index (χ0n) is 16.2. The van der Waals surface area contributed by atoms with E-state index < -0.39 is 0 Å². The second-order valence-corrected chi connectivity index (χ2v) is 6.82. The molecule has 1 aromatic carbocycles. The molecule has 2 aliphatic heterocycles. The predicted octanol–water partition coefficient (Wildman–Crippen LogP) is 4.24. The van der Waals surface area contributed by atoms with Crippen LogP contribution in [0, 0.1) is 5.92 Å². The average Bonchev–Trinajstić information content (AvgIpc) is 2.68. The Morgan fingerprint density at radius 1 is 1.12 bits per heavy atom. The molecule has 0 saturated carbocycles. The largest absolute Gasteiger partial charge is 0.496 e. The Morgan fingerprint density at radius 2 is 1.84 bits per heavy atom. The first-order valence-electron chi connectivity index (χ1n) is 9.65. The topological polar surface area (TPSA) is 38.8 Å². The second kappa shape index (κ2) is 9.81. The van der Waals surface area contributed by atoms with Gasteiger partial charge >= 0.3 is 5.97 Å². The van der Waals surface area contributed by atoms with Crippen molar-refractivity contribution in [3.63, 3.8) is 0 Å². The maximum Gasteiger partial charge on any atom is 0.305 e. The molecule has 25 heavy (non-hydrogen) atoms. The molecule has 0 aromatic heterocycles. The number of benzene rings is 1. The van der Waals surface area contributed by atoms with E-state index >= 15 is 0 Å². The summed E-state index contributed by atoms with van der Waals surface area (Å²) in [6.07, 6.45) is 5.16. The SMILES string of the molecule is CC.COC(=O)CC1CCN2CCC(c3ccccc3OC)CC2C1. The van der Waals surface area contributed by atoms with Crippen molar-refractivity contribution in [1.82, 2.24) is 4.90 Å². The van der Waals surface area contributed by atoms with Crippen molar-refractivity contribution < 1.29 is 14.3 Å².